The molecule has 0 spiro atoms. The number of thiophene rings is 1. The molecule has 10 rings (SSSR count). The second-order valence-electron chi connectivity index (χ2n) is 12.5. The molecular weight excluding hydrogens is 603 g/mol. The Kier molecular flexibility index (Phi) is 6.18. The number of fused-ring (bicyclic) bond motifs is 8. The predicted molar refractivity (Wildman–Crippen MR) is 203 cm³/mol. The average Bonchev–Trinajstić information content (AvgIpc) is 3.71. The maximum Gasteiger partial charge on any atom is 0.160 e. The van der Waals surface area contributed by atoms with Crippen LogP contribution in [0.15, 0.2) is 140 Å². The van der Waals surface area contributed by atoms with Gasteiger partial charge in [0.2, 0.25) is 0 Å². The van der Waals surface area contributed by atoms with Crippen LogP contribution in [0.1, 0.15) is 12.8 Å². The average molecular weight is 632 g/mol. The molecule has 226 valence electrons. The maximum absolute atomic E-state index is 5.20. The molecule has 3 heterocycles. The van der Waals surface area contributed by atoms with Gasteiger partial charge in [0.05, 0.1) is 26.9 Å². The highest BCUT2D eigenvalue weighted by molar-refractivity contribution is 7.18. The molecule has 0 amide bonds. The van der Waals surface area contributed by atoms with Gasteiger partial charge in [-0.05, 0) is 59.5 Å². The van der Waals surface area contributed by atoms with Crippen molar-refractivity contribution >= 4 is 66.3 Å². The van der Waals surface area contributed by atoms with E-state index in [2.05, 4.69) is 144 Å². The molecule has 0 fully saturated rings. The van der Waals surface area contributed by atoms with Crippen LogP contribution in [0.2, 0.25) is 0 Å². The molecule has 0 unspecified atom stereocenters. The van der Waals surface area contributed by atoms with Crippen LogP contribution < -0.4 is 9.75 Å². The van der Waals surface area contributed by atoms with E-state index >= 15 is 0 Å². The molecule has 0 saturated heterocycles. The van der Waals surface area contributed by atoms with Crippen LogP contribution in [0.4, 0.5) is 0 Å². The number of hydrogen-bond acceptors (Lipinski definition) is 3. The standard InChI is InChI=1S/C44H29N3S/c1-3-12-28(13-4-1)30-22-25-39-37(27-30)34-23-24-35-33-18-8-10-21-40(33)48-43(35)42(34)47(39)32-17-11-16-31(26-32)44-45-38-20-9-7-19-36(38)41(46-44)29-14-5-2-6-15-29/h1-7,9,11-27H,8,10H2. The van der Waals surface area contributed by atoms with Crippen LogP contribution in [0, 0.1) is 0 Å². The highest BCUT2D eigenvalue weighted by atomic mass is 32.1. The summed E-state index contributed by atoms with van der Waals surface area (Å²) in [6.07, 6.45) is 7.03. The highest BCUT2D eigenvalue weighted by Gasteiger charge is 2.19. The minimum atomic E-state index is 0.725. The third-order valence-corrected chi connectivity index (χ3v) is 10.8. The highest BCUT2D eigenvalue weighted by Crippen LogP contribution is 2.39. The quantitative estimate of drug-likeness (QED) is 0.194. The van der Waals surface area contributed by atoms with Crippen LogP contribution in [-0.4, -0.2) is 14.5 Å². The Hall–Kier alpha value is -5.84. The third kappa shape index (κ3) is 4.27. The summed E-state index contributed by atoms with van der Waals surface area (Å²) >= 11 is 1.92. The second kappa shape index (κ2) is 10.9. The molecule has 6 aromatic carbocycles. The van der Waals surface area contributed by atoms with Gasteiger partial charge >= 0.3 is 0 Å². The molecule has 48 heavy (non-hydrogen) atoms. The Labute approximate surface area is 281 Å². The molecule has 0 saturated carbocycles. The fourth-order valence-electron chi connectivity index (χ4n) is 7.38. The SMILES string of the molecule is C1=c2sc3c(ccc4c5cc(-c6ccccc6)ccc5n(-c5cccc(-c6nc(-c7ccccc7)c7ccccc7n6)c5)c43)c2=CCC1. The zero-order valence-electron chi connectivity index (χ0n) is 26.1. The lowest BCUT2D eigenvalue weighted by Crippen LogP contribution is -2.20. The summed E-state index contributed by atoms with van der Waals surface area (Å²) in [7, 11) is 0. The Morgan fingerprint density at radius 3 is 2.15 bits per heavy atom. The van der Waals surface area contributed by atoms with Gasteiger partial charge in [-0.25, -0.2) is 9.97 Å². The van der Waals surface area contributed by atoms with Gasteiger partial charge in [-0.3, -0.25) is 0 Å². The van der Waals surface area contributed by atoms with E-state index in [1.54, 1.807) is 0 Å². The van der Waals surface area contributed by atoms with Crippen molar-refractivity contribution in [1.29, 1.82) is 0 Å². The lowest BCUT2D eigenvalue weighted by molar-refractivity contribution is 1.13. The Balaban J connectivity index is 1.25. The summed E-state index contributed by atoms with van der Waals surface area (Å²) in [6, 6.07) is 49.7. The molecule has 0 atom stereocenters. The zero-order valence-corrected chi connectivity index (χ0v) is 26.9. The normalized spacial score (nSPS) is 12.8. The molecule has 0 radical (unpaired) electrons. The van der Waals surface area contributed by atoms with Crippen molar-refractivity contribution in [2.45, 2.75) is 12.8 Å². The minimum absolute atomic E-state index is 0.725. The number of aromatic nitrogens is 3. The fourth-order valence-corrected chi connectivity index (χ4v) is 8.69. The van der Waals surface area contributed by atoms with E-state index < -0.39 is 0 Å². The number of rotatable bonds is 4. The van der Waals surface area contributed by atoms with E-state index in [0.29, 0.717) is 0 Å². The number of para-hydroxylation sites is 1. The predicted octanol–water partition coefficient (Wildman–Crippen LogP) is 10.3. The first-order valence-corrected chi connectivity index (χ1v) is 17.3. The van der Waals surface area contributed by atoms with Crippen molar-refractivity contribution in [3.05, 3.63) is 149 Å². The lowest BCUT2D eigenvalue weighted by atomic mass is 10.0. The first-order valence-electron chi connectivity index (χ1n) is 16.5. The van der Waals surface area contributed by atoms with Gasteiger partial charge < -0.3 is 4.57 Å². The van der Waals surface area contributed by atoms with Crippen molar-refractivity contribution in [1.82, 2.24) is 14.5 Å². The van der Waals surface area contributed by atoms with E-state index in [-0.39, 0.29) is 0 Å². The number of nitrogens with zero attached hydrogens (tertiary/aromatic N) is 3. The Bertz CT molecular complexity index is 2830. The third-order valence-electron chi connectivity index (χ3n) is 9.62. The number of benzene rings is 6. The molecule has 4 heteroatoms. The second-order valence-corrected chi connectivity index (χ2v) is 13.5. The van der Waals surface area contributed by atoms with Gasteiger partial charge in [0.1, 0.15) is 0 Å². The van der Waals surface area contributed by atoms with Gasteiger partial charge in [-0.1, -0.05) is 121 Å². The summed E-state index contributed by atoms with van der Waals surface area (Å²) < 4.78 is 5.19. The first-order chi connectivity index (χ1) is 23.8. The summed E-state index contributed by atoms with van der Waals surface area (Å²) in [5.41, 5.74) is 9.97. The van der Waals surface area contributed by atoms with Crippen molar-refractivity contribution in [2.24, 2.45) is 0 Å². The summed E-state index contributed by atoms with van der Waals surface area (Å²) in [4.78, 5) is 10.3. The van der Waals surface area contributed by atoms with Crippen LogP contribution in [0.5, 0.6) is 0 Å². The van der Waals surface area contributed by atoms with Gasteiger partial charge in [0, 0.05) is 42.9 Å². The fraction of sp³-hybridized carbons (Fsp3) is 0.0455. The van der Waals surface area contributed by atoms with Crippen LogP contribution >= 0.6 is 11.3 Å². The molecule has 0 aliphatic heterocycles. The molecule has 0 bridgehead atoms. The van der Waals surface area contributed by atoms with Crippen molar-refractivity contribution in [3.63, 3.8) is 0 Å². The first kappa shape index (κ1) is 27.3. The molecule has 1 aliphatic carbocycles. The maximum atomic E-state index is 5.20. The van der Waals surface area contributed by atoms with E-state index in [9.17, 15) is 0 Å². The van der Waals surface area contributed by atoms with Gasteiger partial charge in [-0.2, -0.15) is 0 Å². The van der Waals surface area contributed by atoms with Gasteiger partial charge in [0.15, 0.2) is 5.82 Å². The van der Waals surface area contributed by atoms with E-state index in [4.69, 9.17) is 9.97 Å². The van der Waals surface area contributed by atoms with Crippen LogP contribution in [0.3, 0.4) is 0 Å². The zero-order chi connectivity index (χ0) is 31.6. The molecule has 0 N–H and O–H groups in total. The summed E-state index contributed by atoms with van der Waals surface area (Å²) in [5.74, 6) is 0.725. The molecular formula is C44H29N3S. The molecule has 3 aromatic heterocycles. The minimum Gasteiger partial charge on any atom is -0.308 e. The van der Waals surface area contributed by atoms with Gasteiger partial charge in [0.25, 0.3) is 0 Å². The largest absolute Gasteiger partial charge is 0.308 e. The monoisotopic (exact) mass is 631 g/mol. The van der Waals surface area contributed by atoms with Crippen LogP contribution in [0.25, 0.3) is 94.4 Å². The lowest BCUT2D eigenvalue weighted by Gasteiger charge is -2.12. The van der Waals surface area contributed by atoms with Crippen molar-refractivity contribution in [3.8, 4) is 39.5 Å². The molecule has 3 nitrogen and oxygen atoms in total. The summed E-state index contributed by atoms with van der Waals surface area (Å²) in [6.45, 7) is 0. The summed E-state index contributed by atoms with van der Waals surface area (Å²) in [5, 5.41) is 6.31. The number of hydrogen-bond donors (Lipinski definition) is 0. The smallest absolute Gasteiger partial charge is 0.160 e. The molecule has 1 aliphatic rings. The van der Waals surface area contributed by atoms with Crippen molar-refractivity contribution in [2.75, 3.05) is 0 Å². The van der Waals surface area contributed by atoms with Crippen molar-refractivity contribution < 1.29 is 0 Å². The van der Waals surface area contributed by atoms with E-state index in [1.165, 1.54) is 52.8 Å². The topological polar surface area (TPSA) is 30.7 Å². The van der Waals surface area contributed by atoms with E-state index in [1.807, 2.05) is 23.5 Å². The van der Waals surface area contributed by atoms with Crippen LogP contribution in [-0.2, 0) is 0 Å². The van der Waals surface area contributed by atoms with E-state index in [0.717, 1.165) is 52.1 Å². The Morgan fingerprint density at radius 1 is 0.521 bits per heavy atom. The van der Waals surface area contributed by atoms with Gasteiger partial charge in [-0.15, -0.1) is 11.3 Å². The molecule has 9 aromatic rings. The Morgan fingerprint density at radius 2 is 1.27 bits per heavy atom.